The van der Waals surface area contributed by atoms with E-state index >= 15 is 0 Å². The standard InChI is InChI=1S/C17H21N7O/c1-11-13-8-12(10-19-16(13)23(3)20-11)9-18-14-4-7-24(17(14)25)15-5-6-22(2)21-15/h5-6,8,10,14,18H,4,7,9H2,1-3H3. The van der Waals surface area contributed by atoms with Gasteiger partial charge >= 0.3 is 0 Å². The van der Waals surface area contributed by atoms with Crippen molar-refractivity contribution in [2.24, 2.45) is 14.1 Å². The zero-order valence-corrected chi connectivity index (χ0v) is 14.6. The first-order chi connectivity index (χ1) is 12.0. The minimum absolute atomic E-state index is 0.0743. The molecule has 1 saturated heterocycles. The summed E-state index contributed by atoms with van der Waals surface area (Å²) in [6.45, 7) is 3.27. The van der Waals surface area contributed by atoms with Gasteiger partial charge in [-0.05, 0) is 25.0 Å². The van der Waals surface area contributed by atoms with Gasteiger partial charge in [0.1, 0.15) is 0 Å². The molecule has 0 bridgehead atoms. The van der Waals surface area contributed by atoms with Gasteiger partial charge in [0.2, 0.25) is 5.91 Å². The Labute approximate surface area is 145 Å². The van der Waals surface area contributed by atoms with E-state index in [9.17, 15) is 4.79 Å². The van der Waals surface area contributed by atoms with Gasteiger partial charge in [0, 0.05) is 51.0 Å². The van der Waals surface area contributed by atoms with E-state index in [4.69, 9.17) is 0 Å². The molecule has 3 aromatic heterocycles. The molecular weight excluding hydrogens is 318 g/mol. The van der Waals surface area contributed by atoms with Crippen molar-refractivity contribution in [1.29, 1.82) is 0 Å². The molecule has 8 heteroatoms. The fourth-order valence-corrected chi connectivity index (χ4v) is 3.33. The highest BCUT2D eigenvalue weighted by Crippen LogP contribution is 2.20. The summed E-state index contributed by atoms with van der Waals surface area (Å²) in [6.07, 6.45) is 4.46. The number of nitrogens with zero attached hydrogens (tertiary/aromatic N) is 6. The van der Waals surface area contributed by atoms with Crippen LogP contribution in [0, 0.1) is 6.92 Å². The van der Waals surface area contributed by atoms with E-state index in [0.717, 1.165) is 28.7 Å². The number of fused-ring (bicyclic) bond motifs is 1. The molecule has 4 rings (SSSR count). The van der Waals surface area contributed by atoms with Crippen LogP contribution in [0.4, 0.5) is 5.82 Å². The van der Waals surface area contributed by atoms with E-state index in [-0.39, 0.29) is 11.9 Å². The predicted molar refractivity (Wildman–Crippen MR) is 94.1 cm³/mol. The van der Waals surface area contributed by atoms with E-state index in [1.165, 1.54) is 0 Å². The van der Waals surface area contributed by atoms with Crippen LogP contribution in [0.5, 0.6) is 0 Å². The molecule has 1 amide bonds. The Morgan fingerprint density at radius 1 is 1.32 bits per heavy atom. The zero-order chi connectivity index (χ0) is 17.6. The minimum Gasteiger partial charge on any atom is -0.302 e. The summed E-state index contributed by atoms with van der Waals surface area (Å²) in [5, 5.41) is 13.1. The number of hydrogen-bond acceptors (Lipinski definition) is 5. The molecule has 0 spiro atoms. The van der Waals surface area contributed by atoms with Crippen LogP contribution < -0.4 is 10.2 Å². The summed E-state index contributed by atoms with van der Waals surface area (Å²) in [5.41, 5.74) is 2.89. The summed E-state index contributed by atoms with van der Waals surface area (Å²) >= 11 is 0. The van der Waals surface area contributed by atoms with Crippen molar-refractivity contribution in [1.82, 2.24) is 29.9 Å². The average Bonchev–Trinajstić information content (AvgIpc) is 3.25. The average molecular weight is 339 g/mol. The summed E-state index contributed by atoms with van der Waals surface area (Å²) in [6, 6.07) is 3.77. The molecule has 1 fully saturated rings. The summed E-state index contributed by atoms with van der Waals surface area (Å²) in [4.78, 5) is 18.8. The van der Waals surface area contributed by atoms with Crippen molar-refractivity contribution in [3.63, 3.8) is 0 Å². The molecule has 8 nitrogen and oxygen atoms in total. The van der Waals surface area contributed by atoms with Gasteiger partial charge in [0.05, 0.1) is 11.7 Å². The molecule has 1 aliphatic rings. The molecule has 1 N–H and O–H groups in total. The Hall–Kier alpha value is -2.74. The van der Waals surface area contributed by atoms with Crippen LogP contribution in [0.25, 0.3) is 11.0 Å². The normalized spacial score (nSPS) is 17.8. The molecule has 0 radical (unpaired) electrons. The first-order valence-corrected chi connectivity index (χ1v) is 8.35. The molecular formula is C17H21N7O. The Balaban J connectivity index is 1.45. The van der Waals surface area contributed by atoms with Gasteiger partial charge in [-0.25, -0.2) is 4.98 Å². The molecule has 0 saturated carbocycles. The monoisotopic (exact) mass is 339 g/mol. The summed E-state index contributed by atoms with van der Waals surface area (Å²) in [7, 11) is 3.74. The van der Waals surface area contributed by atoms with E-state index in [0.29, 0.717) is 18.9 Å². The second kappa shape index (κ2) is 5.96. The second-order valence-electron chi connectivity index (χ2n) is 6.48. The number of pyridine rings is 1. The molecule has 130 valence electrons. The van der Waals surface area contributed by atoms with Crippen LogP contribution in [-0.2, 0) is 25.4 Å². The molecule has 4 heterocycles. The molecule has 1 atom stereocenters. The number of hydrogen-bond donors (Lipinski definition) is 1. The SMILES string of the molecule is Cc1nn(C)c2ncc(CNC3CCN(c4ccn(C)n4)C3=O)cc12. The van der Waals surface area contributed by atoms with Gasteiger partial charge in [0.15, 0.2) is 11.5 Å². The third-order valence-corrected chi connectivity index (χ3v) is 4.65. The smallest absolute Gasteiger partial charge is 0.245 e. The number of rotatable bonds is 4. The molecule has 1 aliphatic heterocycles. The van der Waals surface area contributed by atoms with Crippen molar-refractivity contribution >= 4 is 22.8 Å². The molecule has 0 aromatic carbocycles. The van der Waals surface area contributed by atoms with Gasteiger partial charge in [-0.3, -0.25) is 19.1 Å². The van der Waals surface area contributed by atoms with Gasteiger partial charge in [-0.2, -0.15) is 10.2 Å². The van der Waals surface area contributed by atoms with Gasteiger partial charge in [0.25, 0.3) is 0 Å². The topological polar surface area (TPSA) is 80.9 Å². The number of carbonyl (C=O) groups excluding carboxylic acids is 1. The maximum Gasteiger partial charge on any atom is 0.245 e. The maximum atomic E-state index is 12.6. The van der Waals surface area contributed by atoms with Crippen LogP contribution in [0.3, 0.4) is 0 Å². The lowest BCUT2D eigenvalue weighted by atomic mass is 10.2. The largest absolute Gasteiger partial charge is 0.302 e. The third-order valence-electron chi connectivity index (χ3n) is 4.65. The third kappa shape index (κ3) is 2.78. The van der Waals surface area contributed by atoms with Crippen molar-refractivity contribution < 1.29 is 4.79 Å². The highest BCUT2D eigenvalue weighted by molar-refractivity contribution is 5.98. The molecule has 3 aromatic rings. The van der Waals surface area contributed by atoms with Gasteiger partial charge in [-0.1, -0.05) is 0 Å². The first kappa shape index (κ1) is 15.8. The van der Waals surface area contributed by atoms with E-state index in [2.05, 4.69) is 26.6 Å². The molecule has 0 aliphatic carbocycles. The Morgan fingerprint density at radius 3 is 2.92 bits per heavy atom. The number of amides is 1. The Bertz CT molecular complexity index is 942. The second-order valence-corrected chi connectivity index (χ2v) is 6.48. The van der Waals surface area contributed by atoms with Gasteiger partial charge < -0.3 is 5.32 Å². The number of aromatic nitrogens is 5. The summed E-state index contributed by atoms with van der Waals surface area (Å²) in [5.74, 6) is 0.788. The summed E-state index contributed by atoms with van der Waals surface area (Å²) < 4.78 is 3.49. The highest BCUT2D eigenvalue weighted by Gasteiger charge is 2.33. The quantitative estimate of drug-likeness (QED) is 0.764. The van der Waals surface area contributed by atoms with Crippen LogP contribution in [0.15, 0.2) is 24.5 Å². The van der Waals surface area contributed by atoms with Crippen LogP contribution in [-0.4, -0.2) is 43.0 Å². The van der Waals surface area contributed by atoms with Crippen LogP contribution >= 0.6 is 0 Å². The highest BCUT2D eigenvalue weighted by atomic mass is 16.2. The molecule has 1 unspecified atom stereocenters. The maximum absolute atomic E-state index is 12.6. The van der Waals surface area contributed by atoms with Gasteiger partial charge in [-0.15, -0.1) is 0 Å². The number of nitrogens with one attached hydrogen (secondary N) is 1. The van der Waals surface area contributed by atoms with Crippen molar-refractivity contribution in [2.75, 3.05) is 11.4 Å². The fourth-order valence-electron chi connectivity index (χ4n) is 3.33. The van der Waals surface area contributed by atoms with E-state index in [1.54, 1.807) is 14.3 Å². The van der Waals surface area contributed by atoms with Crippen LogP contribution in [0.1, 0.15) is 17.7 Å². The number of aryl methyl sites for hydroxylation is 3. The number of carbonyl (C=O) groups is 1. The zero-order valence-electron chi connectivity index (χ0n) is 14.6. The lowest BCUT2D eigenvalue weighted by Gasteiger charge is -2.14. The Kier molecular flexibility index (Phi) is 3.76. The van der Waals surface area contributed by atoms with E-state index < -0.39 is 0 Å². The van der Waals surface area contributed by atoms with Crippen molar-refractivity contribution in [3.05, 3.63) is 35.8 Å². The van der Waals surface area contributed by atoms with Crippen molar-refractivity contribution in [2.45, 2.75) is 25.9 Å². The van der Waals surface area contributed by atoms with E-state index in [1.807, 2.05) is 39.5 Å². The lowest BCUT2D eigenvalue weighted by molar-refractivity contribution is -0.118. The van der Waals surface area contributed by atoms with Crippen LogP contribution in [0.2, 0.25) is 0 Å². The number of anilines is 1. The fraction of sp³-hybridized carbons (Fsp3) is 0.412. The lowest BCUT2D eigenvalue weighted by Crippen LogP contribution is -2.38. The first-order valence-electron chi connectivity index (χ1n) is 8.35. The molecule has 25 heavy (non-hydrogen) atoms. The Morgan fingerprint density at radius 2 is 2.16 bits per heavy atom. The minimum atomic E-state index is -0.187. The van der Waals surface area contributed by atoms with Crippen molar-refractivity contribution in [3.8, 4) is 0 Å². The predicted octanol–water partition coefficient (Wildman–Crippen LogP) is 0.905.